The van der Waals surface area contributed by atoms with E-state index in [4.69, 9.17) is 9.52 Å². The molecule has 0 aliphatic heterocycles. The first kappa shape index (κ1) is 14.3. The number of carbonyl (C=O) groups is 1. The fraction of sp³-hybridized carbons (Fsp3) is 0.429. The van der Waals surface area contributed by atoms with Gasteiger partial charge in [0.2, 0.25) is 0 Å². The molecule has 108 valence electrons. The summed E-state index contributed by atoms with van der Waals surface area (Å²) >= 11 is 0. The summed E-state index contributed by atoms with van der Waals surface area (Å²) in [5.74, 6) is -1.47. The number of fused-ring (bicyclic) bond motifs is 1. The van der Waals surface area contributed by atoms with Gasteiger partial charge in [-0.2, -0.15) is 0 Å². The number of hydrogen-bond acceptors (Lipinski definition) is 4. The van der Waals surface area contributed by atoms with Gasteiger partial charge in [0.1, 0.15) is 0 Å². The van der Waals surface area contributed by atoms with Crippen molar-refractivity contribution in [1.82, 2.24) is 4.57 Å². The van der Waals surface area contributed by atoms with Gasteiger partial charge in [-0.15, -0.1) is 0 Å². The highest BCUT2D eigenvalue weighted by molar-refractivity contribution is 5.73. The molecule has 1 aromatic carbocycles. The smallest absolute Gasteiger partial charge is 0.419 e. The van der Waals surface area contributed by atoms with E-state index in [1.165, 1.54) is 4.57 Å². The first-order valence-electron chi connectivity index (χ1n) is 6.38. The molecule has 2 unspecified atom stereocenters. The zero-order valence-electron chi connectivity index (χ0n) is 11.4. The average Bonchev–Trinajstić information content (AvgIpc) is 2.63. The van der Waals surface area contributed by atoms with Crippen molar-refractivity contribution >= 4 is 17.1 Å². The lowest BCUT2D eigenvalue weighted by atomic mass is 9.96. The maximum absolute atomic E-state index is 11.4. The first-order valence-corrected chi connectivity index (χ1v) is 6.38. The number of aliphatic carboxylic acids is 1. The Balaban J connectivity index is 2.20. The summed E-state index contributed by atoms with van der Waals surface area (Å²) in [5, 5.41) is 18.8. The summed E-state index contributed by atoms with van der Waals surface area (Å²) in [5.41, 5.74) is 1.69. The number of aliphatic hydroxyl groups is 1. The SMILES string of the molecule is CC(CC(=O)O)CC(O)c1ccc2c(c1)oc(=O)n2C. The molecule has 2 aromatic rings. The van der Waals surface area contributed by atoms with Gasteiger partial charge in [0.15, 0.2) is 5.58 Å². The highest BCUT2D eigenvalue weighted by atomic mass is 16.4. The number of aryl methyl sites for hydroxylation is 1. The number of carboxylic acid groups (broad SMARTS) is 1. The maximum Gasteiger partial charge on any atom is 0.419 e. The molecular formula is C14H17NO5. The molecule has 0 spiro atoms. The van der Waals surface area contributed by atoms with E-state index in [1.54, 1.807) is 32.2 Å². The molecule has 0 fully saturated rings. The van der Waals surface area contributed by atoms with Gasteiger partial charge in [0, 0.05) is 13.5 Å². The van der Waals surface area contributed by atoms with E-state index in [1.807, 2.05) is 0 Å². The Bertz CT molecular complexity index is 684. The summed E-state index contributed by atoms with van der Waals surface area (Å²) in [6, 6.07) is 5.05. The van der Waals surface area contributed by atoms with E-state index in [9.17, 15) is 14.7 Å². The highest BCUT2D eigenvalue weighted by Gasteiger charge is 2.16. The third kappa shape index (κ3) is 2.91. The van der Waals surface area contributed by atoms with Crippen molar-refractivity contribution in [2.75, 3.05) is 0 Å². The van der Waals surface area contributed by atoms with Gasteiger partial charge < -0.3 is 14.6 Å². The summed E-state index contributed by atoms with van der Waals surface area (Å²) in [6.07, 6.45) is -0.423. The standard InChI is InChI=1S/C14H17NO5/c1-8(6-13(17)18)5-11(16)9-3-4-10-12(7-9)20-14(19)15(10)2/h3-4,7-8,11,16H,5-6H2,1-2H3,(H,17,18). The lowest BCUT2D eigenvalue weighted by Gasteiger charge is -2.15. The molecule has 0 saturated carbocycles. The summed E-state index contributed by atoms with van der Waals surface area (Å²) in [4.78, 5) is 22.0. The number of rotatable bonds is 5. The minimum absolute atomic E-state index is 0.0136. The second-order valence-electron chi connectivity index (χ2n) is 5.11. The van der Waals surface area contributed by atoms with Gasteiger partial charge in [0.05, 0.1) is 11.6 Å². The van der Waals surface area contributed by atoms with Gasteiger partial charge in [-0.3, -0.25) is 9.36 Å². The lowest BCUT2D eigenvalue weighted by molar-refractivity contribution is -0.138. The Kier molecular flexibility index (Phi) is 3.94. The maximum atomic E-state index is 11.4. The van der Waals surface area contributed by atoms with Crippen LogP contribution >= 0.6 is 0 Å². The van der Waals surface area contributed by atoms with Gasteiger partial charge >= 0.3 is 11.7 Å². The number of aliphatic hydroxyl groups excluding tert-OH is 1. The largest absolute Gasteiger partial charge is 0.481 e. The van der Waals surface area contributed by atoms with Crippen LogP contribution in [-0.2, 0) is 11.8 Å². The van der Waals surface area contributed by atoms with E-state index >= 15 is 0 Å². The van der Waals surface area contributed by atoms with Crippen LogP contribution in [-0.4, -0.2) is 20.7 Å². The summed E-state index contributed by atoms with van der Waals surface area (Å²) in [7, 11) is 1.61. The van der Waals surface area contributed by atoms with E-state index in [-0.39, 0.29) is 12.3 Å². The van der Waals surface area contributed by atoms with Crippen LogP contribution in [0.3, 0.4) is 0 Å². The van der Waals surface area contributed by atoms with E-state index in [2.05, 4.69) is 0 Å². The molecule has 20 heavy (non-hydrogen) atoms. The topological polar surface area (TPSA) is 92.7 Å². The molecule has 0 aliphatic rings. The van der Waals surface area contributed by atoms with Crippen molar-refractivity contribution in [3.05, 3.63) is 34.3 Å². The van der Waals surface area contributed by atoms with Gasteiger partial charge in [-0.1, -0.05) is 13.0 Å². The quantitative estimate of drug-likeness (QED) is 0.868. The molecule has 2 rings (SSSR count). The summed E-state index contributed by atoms with van der Waals surface area (Å²) < 4.78 is 6.45. The van der Waals surface area contributed by atoms with Gasteiger partial charge in [-0.25, -0.2) is 4.79 Å². The summed E-state index contributed by atoms with van der Waals surface area (Å²) in [6.45, 7) is 1.78. The van der Waals surface area contributed by atoms with Crippen LogP contribution in [0.15, 0.2) is 27.4 Å². The second kappa shape index (κ2) is 5.50. The van der Waals surface area contributed by atoms with Gasteiger partial charge in [0.25, 0.3) is 0 Å². The Morgan fingerprint density at radius 2 is 2.15 bits per heavy atom. The zero-order chi connectivity index (χ0) is 14.9. The average molecular weight is 279 g/mol. The molecule has 2 N–H and O–H groups in total. The third-order valence-electron chi connectivity index (χ3n) is 3.35. The predicted octanol–water partition coefficient (Wildman–Crippen LogP) is 1.67. The van der Waals surface area contributed by atoms with Crippen molar-refractivity contribution in [1.29, 1.82) is 0 Å². The number of nitrogens with zero attached hydrogens (tertiary/aromatic N) is 1. The molecule has 1 heterocycles. The molecule has 0 saturated heterocycles. The molecule has 0 radical (unpaired) electrons. The minimum Gasteiger partial charge on any atom is -0.481 e. The van der Waals surface area contributed by atoms with Crippen LogP contribution in [0.25, 0.3) is 11.1 Å². The molecule has 0 amide bonds. The fourth-order valence-electron chi connectivity index (χ4n) is 2.26. The third-order valence-corrected chi connectivity index (χ3v) is 3.35. The number of aromatic nitrogens is 1. The normalized spacial score (nSPS) is 14.3. The van der Waals surface area contributed by atoms with Crippen LogP contribution in [0.1, 0.15) is 31.4 Å². The van der Waals surface area contributed by atoms with E-state index < -0.39 is 17.8 Å². The van der Waals surface area contributed by atoms with Crippen LogP contribution in [0, 0.1) is 5.92 Å². The molecule has 2 atom stereocenters. The number of hydrogen-bond donors (Lipinski definition) is 2. The van der Waals surface area contributed by atoms with Crippen LogP contribution in [0.4, 0.5) is 0 Å². The number of benzene rings is 1. The van der Waals surface area contributed by atoms with Crippen molar-refractivity contribution in [3.8, 4) is 0 Å². The Morgan fingerprint density at radius 1 is 1.45 bits per heavy atom. The predicted molar refractivity (Wildman–Crippen MR) is 72.4 cm³/mol. The van der Waals surface area contributed by atoms with Crippen molar-refractivity contribution < 1.29 is 19.4 Å². The highest BCUT2D eigenvalue weighted by Crippen LogP contribution is 2.25. The minimum atomic E-state index is -0.880. The van der Waals surface area contributed by atoms with E-state index in [0.29, 0.717) is 23.1 Å². The van der Waals surface area contributed by atoms with E-state index in [0.717, 1.165) is 0 Å². The van der Waals surface area contributed by atoms with Crippen LogP contribution in [0.2, 0.25) is 0 Å². The zero-order valence-corrected chi connectivity index (χ0v) is 11.4. The molecule has 6 heteroatoms. The molecule has 1 aromatic heterocycles. The molecular weight excluding hydrogens is 262 g/mol. The number of oxazole rings is 1. The Morgan fingerprint density at radius 3 is 2.80 bits per heavy atom. The van der Waals surface area contributed by atoms with Crippen molar-refractivity contribution in [2.45, 2.75) is 25.9 Å². The molecule has 0 aliphatic carbocycles. The fourth-order valence-corrected chi connectivity index (χ4v) is 2.26. The monoisotopic (exact) mass is 279 g/mol. The lowest BCUT2D eigenvalue weighted by Crippen LogP contribution is -2.09. The van der Waals surface area contributed by atoms with Crippen LogP contribution in [0.5, 0.6) is 0 Å². The van der Waals surface area contributed by atoms with Crippen molar-refractivity contribution in [2.24, 2.45) is 13.0 Å². The molecule has 0 bridgehead atoms. The molecule has 6 nitrogen and oxygen atoms in total. The Hall–Kier alpha value is -2.08. The second-order valence-corrected chi connectivity index (χ2v) is 5.11. The number of carboxylic acids is 1. The first-order chi connectivity index (χ1) is 9.38. The van der Waals surface area contributed by atoms with Crippen molar-refractivity contribution in [3.63, 3.8) is 0 Å². The Labute approximate surface area is 115 Å². The van der Waals surface area contributed by atoms with Gasteiger partial charge in [-0.05, 0) is 30.0 Å². The van der Waals surface area contributed by atoms with Crippen LogP contribution < -0.4 is 5.76 Å².